The summed E-state index contributed by atoms with van der Waals surface area (Å²) in [4.78, 5) is 39.8. The van der Waals surface area contributed by atoms with E-state index in [2.05, 4.69) is 15.5 Å². The third kappa shape index (κ3) is 4.86. The predicted octanol–water partition coefficient (Wildman–Crippen LogP) is 1.74. The first kappa shape index (κ1) is 19.4. The molecular weight excluding hydrogens is 344 g/mol. The molecule has 2 atom stereocenters. The van der Waals surface area contributed by atoms with Crippen LogP contribution in [-0.4, -0.2) is 54.3 Å². The van der Waals surface area contributed by atoms with Crippen LogP contribution in [0.25, 0.3) is 0 Å². The van der Waals surface area contributed by atoms with Crippen LogP contribution in [0.2, 0.25) is 0 Å². The minimum absolute atomic E-state index is 0.0350. The van der Waals surface area contributed by atoms with Gasteiger partial charge in [0.1, 0.15) is 0 Å². The van der Waals surface area contributed by atoms with Crippen molar-refractivity contribution in [2.45, 2.75) is 51.6 Å². The van der Waals surface area contributed by atoms with Crippen molar-refractivity contribution in [3.05, 3.63) is 24.3 Å². The smallest absolute Gasteiger partial charge is 0.241 e. The summed E-state index contributed by atoms with van der Waals surface area (Å²) in [5.74, 6) is 0.0137. The molecule has 2 fully saturated rings. The van der Waals surface area contributed by atoms with Gasteiger partial charge in [-0.25, -0.2) is 0 Å². The number of carbonyl (C=O) groups is 3. The van der Waals surface area contributed by atoms with E-state index in [1.165, 1.54) is 6.92 Å². The Labute approximate surface area is 160 Å². The average Bonchev–Trinajstić information content (AvgIpc) is 3.07. The lowest BCUT2D eigenvalue weighted by Crippen LogP contribution is -2.52. The van der Waals surface area contributed by atoms with Gasteiger partial charge in [-0.3, -0.25) is 19.3 Å². The molecule has 2 aliphatic heterocycles. The lowest BCUT2D eigenvalue weighted by atomic mass is 10.0. The van der Waals surface area contributed by atoms with E-state index in [9.17, 15) is 14.4 Å². The van der Waals surface area contributed by atoms with E-state index in [1.807, 2.05) is 31.2 Å². The highest BCUT2D eigenvalue weighted by Gasteiger charge is 2.28. The maximum Gasteiger partial charge on any atom is 0.241 e. The van der Waals surface area contributed by atoms with Crippen molar-refractivity contribution >= 4 is 29.1 Å². The van der Waals surface area contributed by atoms with Crippen LogP contribution in [0.1, 0.15) is 39.5 Å². The maximum atomic E-state index is 12.7. The van der Waals surface area contributed by atoms with Gasteiger partial charge in [-0.05, 0) is 50.9 Å². The SMILES string of the molecule is CC(=O)NC1CCCN(C(C)C(=O)Nc2cccc(N3CCCC3=O)c2)C1. The topological polar surface area (TPSA) is 81.8 Å². The number of hydrogen-bond acceptors (Lipinski definition) is 4. The molecular formula is C20H28N4O3. The quantitative estimate of drug-likeness (QED) is 0.825. The molecule has 0 aromatic heterocycles. The maximum absolute atomic E-state index is 12.7. The molecule has 2 N–H and O–H groups in total. The molecule has 2 heterocycles. The highest BCUT2D eigenvalue weighted by atomic mass is 16.2. The Bertz CT molecular complexity index is 721. The number of carbonyl (C=O) groups excluding carboxylic acids is 3. The second-order valence-corrected chi connectivity index (χ2v) is 7.40. The summed E-state index contributed by atoms with van der Waals surface area (Å²) in [6, 6.07) is 7.24. The minimum atomic E-state index is -0.293. The summed E-state index contributed by atoms with van der Waals surface area (Å²) in [7, 11) is 0. The molecule has 0 saturated carbocycles. The van der Waals surface area contributed by atoms with Gasteiger partial charge in [-0.1, -0.05) is 6.07 Å². The molecule has 2 unspecified atom stereocenters. The molecule has 3 rings (SSSR count). The van der Waals surface area contributed by atoms with E-state index in [4.69, 9.17) is 0 Å². The molecule has 146 valence electrons. The zero-order valence-corrected chi connectivity index (χ0v) is 16.0. The number of nitrogens with one attached hydrogen (secondary N) is 2. The lowest BCUT2D eigenvalue weighted by Gasteiger charge is -2.36. The third-order valence-corrected chi connectivity index (χ3v) is 5.29. The van der Waals surface area contributed by atoms with Gasteiger partial charge in [0, 0.05) is 43.9 Å². The Morgan fingerprint density at radius 1 is 1.22 bits per heavy atom. The van der Waals surface area contributed by atoms with Crippen LogP contribution in [0.5, 0.6) is 0 Å². The first-order valence-electron chi connectivity index (χ1n) is 9.66. The Morgan fingerprint density at radius 3 is 2.74 bits per heavy atom. The number of rotatable bonds is 5. The van der Waals surface area contributed by atoms with Gasteiger partial charge < -0.3 is 15.5 Å². The van der Waals surface area contributed by atoms with Crippen molar-refractivity contribution in [3.63, 3.8) is 0 Å². The third-order valence-electron chi connectivity index (χ3n) is 5.29. The largest absolute Gasteiger partial charge is 0.352 e. The van der Waals surface area contributed by atoms with Crippen LogP contribution in [0.3, 0.4) is 0 Å². The van der Waals surface area contributed by atoms with Crippen molar-refractivity contribution in [1.29, 1.82) is 0 Å². The number of nitrogens with zero attached hydrogens (tertiary/aromatic N) is 2. The van der Waals surface area contributed by atoms with Gasteiger partial charge in [-0.2, -0.15) is 0 Å². The Kier molecular flexibility index (Phi) is 6.11. The highest BCUT2D eigenvalue weighted by Crippen LogP contribution is 2.24. The van der Waals surface area contributed by atoms with Crippen LogP contribution in [0.4, 0.5) is 11.4 Å². The summed E-state index contributed by atoms with van der Waals surface area (Å²) >= 11 is 0. The Balaban J connectivity index is 1.61. The first-order valence-corrected chi connectivity index (χ1v) is 9.66. The molecule has 1 aromatic carbocycles. The lowest BCUT2D eigenvalue weighted by molar-refractivity contribution is -0.122. The number of piperidine rings is 1. The molecule has 3 amide bonds. The van der Waals surface area contributed by atoms with E-state index in [0.29, 0.717) is 18.7 Å². The molecule has 0 spiro atoms. The normalized spacial score (nSPS) is 21.8. The van der Waals surface area contributed by atoms with E-state index < -0.39 is 0 Å². The number of amides is 3. The van der Waals surface area contributed by atoms with Crippen molar-refractivity contribution < 1.29 is 14.4 Å². The van der Waals surface area contributed by atoms with Crippen molar-refractivity contribution in [1.82, 2.24) is 10.2 Å². The van der Waals surface area contributed by atoms with E-state index in [1.54, 1.807) is 4.90 Å². The summed E-state index contributed by atoms with van der Waals surface area (Å²) in [5.41, 5.74) is 1.52. The minimum Gasteiger partial charge on any atom is -0.352 e. The molecule has 7 nitrogen and oxygen atoms in total. The number of likely N-dealkylation sites (tertiary alicyclic amines) is 1. The fourth-order valence-corrected chi connectivity index (χ4v) is 3.85. The number of anilines is 2. The number of benzene rings is 1. The van der Waals surface area contributed by atoms with Crippen molar-refractivity contribution in [3.8, 4) is 0 Å². The van der Waals surface area contributed by atoms with Crippen LogP contribution in [-0.2, 0) is 14.4 Å². The van der Waals surface area contributed by atoms with Gasteiger partial charge in [0.25, 0.3) is 0 Å². The fraction of sp³-hybridized carbons (Fsp3) is 0.550. The molecule has 0 bridgehead atoms. The second-order valence-electron chi connectivity index (χ2n) is 7.40. The van der Waals surface area contributed by atoms with Crippen molar-refractivity contribution in [2.75, 3.05) is 29.9 Å². The summed E-state index contributed by atoms with van der Waals surface area (Å²) in [6.45, 7) is 5.65. The summed E-state index contributed by atoms with van der Waals surface area (Å²) in [6.07, 6.45) is 3.35. The van der Waals surface area contributed by atoms with Crippen LogP contribution >= 0.6 is 0 Å². The van der Waals surface area contributed by atoms with E-state index >= 15 is 0 Å². The average molecular weight is 372 g/mol. The van der Waals surface area contributed by atoms with Crippen LogP contribution < -0.4 is 15.5 Å². The molecule has 0 radical (unpaired) electrons. The molecule has 2 saturated heterocycles. The zero-order chi connectivity index (χ0) is 19.4. The van der Waals surface area contributed by atoms with E-state index in [0.717, 1.165) is 38.0 Å². The second kappa shape index (κ2) is 8.52. The summed E-state index contributed by atoms with van der Waals surface area (Å²) in [5, 5.41) is 5.92. The molecule has 1 aromatic rings. The standard InChI is InChI=1S/C20H28N4O3/c1-14(23-10-4-7-17(13-23)21-15(2)25)20(27)22-16-6-3-8-18(12-16)24-11-5-9-19(24)26/h3,6,8,12,14,17H,4-5,7,9-11,13H2,1-2H3,(H,21,25)(H,22,27). The molecule has 2 aliphatic rings. The predicted molar refractivity (Wildman–Crippen MR) is 105 cm³/mol. The highest BCUT2D eigenvalue weighted by molar-refractivity contribution is 5.98. The van der Waals surface area contributed by atoms with Gasteiger partial charge in [-0.15, -0.1) is 0 Å². The van der Waals surface area contributed by atoms with Gasteiger partial charge >= 0.3 is 0 Å². The monoisotopic (exact) mass is 372 g/mol. The van der Waals surface area contributed by atoms with Gasteiger partial charge in [0.15, 0.2) is 0 Å². The zero-order valence-electron chi connectivity index (χ0n) is 16.0. The van der Waals surface area contributed by atoms with Crippen LogP contribution in [0.15, 0.2) is 24.3 Å². The van der Waals surface area contributed by atoms with Crippen molar-refractivity contribution in [2.24, 2.45) is 0 Å². The van der Waals surface area contributed by atoms with E-state index in [-0.39, 0.29) is 29.8 Å². The van der Waals surface area contributed by atoms with Crippen LogP contribution in [0, 0.1) is 0 Å². The van der Waals surface area contributed by atoms with Gasteiger partial charge in [0.2, 0.25) is 17.7 Å². The Morgan fingerprint density at radius 2 is 2.04 bits per heavy atom. The fourth-order valence-electron chi connectivity index (χ4n) is 3.85. The Hall–Kier alpha value is -2.41. The molecule has 7 heteroatoms. The number of hydrogen-bond donors (Lipinski definition) is 2. The molecule has 0 aliphatic carbocycles. The first-order chi connectivity index (χ1) is 12.9. The summed E-state index contributed by atoms with van der Waals surface area (Å²) < 4.78 is 0. The van der Waals surface area contributed by atoms with Gasteiger partial charge in [0.05, 0.1) is 6.04 Å². The molecule has 27 heavy (non-hydrogen) atoms.